The van der Waals surface area contributed by atoms with Gasteiger partial charge in [-0.05, 0) is 13.3 Å². The number of sulfonamides is 1. The van der Waals surface area contributed by atoms with Crippen molar-refractivity contribution >= 4 is 16.0 Å². The molecule has 0 rings (SSSR count). The van der Waals surface area contributed by atoms with E-state index in [1.54, 1.807) is 6.92 Å². The molecule has 16 heavy (non-hydrogen) atoms. The number of carbonyl (C=O) groups is 1. The van der Waals surface area contributed by atoms with E-state index in [0.717, 1.165) is 6.42 Å². The number of esters is 1. The van der Waals surface area contributed by atoms with Crippen molar-refractivity contribution in [1.29, 1.82) is 0 Å². The maximum Gasteiger partial charge on any atom is 0.307 e. The van der Waals surface area contributed by atoms with Crippen LogP contribution in [0.5, 0.6) is 0 Å². The Morgan fingerprint density at radius 3 is 2.56 bits per heavy atom. The van der Waals surface area contributed by atoms with Gasteiger partial charge in [-0.1, -0.05) is 13.3 Å². The van der Waals surface area contributed by atoms with Crippen molar-refractivity contribution in [2.24, 2.45) is 0 Å². The minimum Gasteiger partial charge on any atom is -0.466 e. The SMILES string of the molecule is CCCCS(=O)(=O)NNCCC(=O)OCC. The van der Waals surface area contributed by atoms with Crippen LogP contribution in [0.2, 0.25) is 0 Å². The summed E-state index contributed by atoms with van der Waals surface area (Å²) in [4.78, 5) is 13.1. The lowest BCUT2D eigenvalue weighted by atomic mass is 10.4. The van der Waals surface area contributed by atoms with Crippen LogP contribution in [0, 0.1) is 0 Å². The molecule has 0 aliphatic rings. The summed E-state index contributed by atoms with van der Waals surface area (Å²) in [5.74, 6) is -0.252. The molecule has 2 N–H and O–H groups in total. The highest BCUT2D eigenvalue weighted by Gasteiger charge is 2.08. The van der Waals surface area contributed by atoms with Gasteiger partial charge in [0, 0.05) is 6.54 Å². The van der Waals surface area contributed by atoms with E-state index in [-0.39, 0.29) is 24.7 Å². The zero-order valence-electron chi connectivity index (χ0n) is 9.78. The topological polar surface area (TPSA) is 84.5 Å². The summed E-state index contributed by atoms with van der Waals surface area (Å²) in [6, 6.07) is 0. The number of nitrogens with one attached hydrogen (secondary N) is 2. The highest BCUT2D eigenvalue weighted by atomic mass is 32.2. The molecule has 0 heterocycles. The second kappa shape index (κ2) is 8.49. The largest absolute Gasteiger partial charge is 0.466 e. The van der Waals surface area contributed by atoms with Crippen LogP contribution in [0.3, 0.4) is 0 Å². The van der Waals surface area contributed by atoms with Gasteiger partial charge in [0.15, 0.2) is 0 Å². The molecule has 0 saturated carbocycles. The molecule has 0 amide bonds. The Labute approximate surface area is 96.8 Å². The van der Waals surface area contributed by atoms with Gasteiger partial charge >= 0.3 is 5.97 Å². The van der Waals surface area contributed by atoms with Gasteiger partial charge in [0.05, 0.1) is 18.8 Å². The molecule has 96 valence electrons. The zero-order valence-corrected chi connectivity index (χ0v) is 10.6. The maximum atomic E-state index is 11.3. The molecule has 0 aromatic carbocycles. The van der Waals surface area contributed by atoms with Crippen LogP contribution >= 0.6 is 0 Å². The Kier molecular flexibility index (Phi) is 8.14. The van der Waals surface area contributed by atoms with Crippen LogP contribution in [0.15, 0.2) is 0 Å². The van der Waals surface area contributed by atoms with Gasteiger partial charge in [-0.25, -0.2) is 13.8 Å². The van der Waals surface area contributed by atoms with Gasteiger partial charge in [-0.2, -0.15) is 4.83 Å². The van der Waals surface area contributed by atoms with Crippen molar-refractivity contribution in [3.8, 4) is 0 Å². The molecular formula is C9H20N2O4S. The Morgan fingerprint density at radius 2 is 2.00 bits per heavy atom. The van der Waals surface area contributed by atoms with Gasteiger partial charge in [0.1, 0.15) is 0 Å². The molecule has 0 bridgehead atoms. The molecule has 0 aromatic heterocycles. The first-order chi connectivity index (χ1) is 7.52. The molecule has 0 saturated heterocycles. The second-order valence-corrected chi connectivity index (χ2v) is 5.10. The molecule has 0 spiro atoms. The lowest BCUT2D eigenvalue weighted by molar-refractivity contribution is -0.143. The van der Waals surface area contributed by atoms with E-state index in [0.29, 0.717) is 13.0 Å². The van der Waals surface area contributed by atoms with E-state index in [1.165, 1.54) is 0 Å². The number of hydrogen-bond acceptors (Lipinski definition) is 5. The Balaban J connectivity index is 3.61. The summed E-state index contributed by atoms with van der Waals surface area (Å²) >= 11 is 0. The first kappa shape index (κ1) is 15.3. The predicted octanol–water partition coefficient (Wildman–Crippen LogP) is 0.164. The monoisotopic (exact) mass is 252 g/mol. The second-order valence-electron chi connectivity index (χ2n) is 3.26. The fraction of sp³-hybridized carbons (Fsp3) is 0.889. The lowest BCUT2D eigenvalue weighted by Crippen LogP contribution is -2.39. The molecule has 0 fully saturated rings. The molecule has 6 nitrogen and oxygen atoms in total. The van der Waals surface area contributed by atoms with Crippen molar-refractivity contribution < 1.29 is 17.9 Å². The summed E-state index contributed by atoms with van der Waals surface area (Å²) in [5, 5.41) is 0. The molecule has 7 heteroatoms. The molecule has 0 aliphatic carbocycles. The number of rotatable bonds is 9. The minimum atomic E-state index is -3.27. The standard InChI is InChI=1S/C9H20N2O4S/c1-3-5-8-16(13,14)11-10-7-6-9(12)15-4-2/h10-11H,3-8H2,1-2H3. The van der Waals surface area contributed by atoms with Crippen molar-refractivity contribution in [2.45, 2.75) is 33.1 Å². The van der Waals surface area contributed by atoms with Gasteiger partial charge in [0.25, 0.3) is 0 Å². The number of ether oxygens (including phenoxy) is 1. The van der Waals surface area contributed by atoms with Crippen LogP contribution in [0.25, 0.3) is 0 Å². The van der Waals surface area contributed by atoms with Gasteiger partial charge in [-0.3, -0.25) is 4.79 Å². The van der Waals surface area contributed by atoms with Crippen LogP contribution < -0.4 is 10.3 Å². The van der Waals surface area contributed by atoms with Gasteiger partial charge in [0.2, 0.25) is 10.0 Å². The summed E-state index contributed by atoms with van der Waals surface area (Å²) in [7, 11) is -3.27. The molecule has 0 aromatic rings. The van der Waals surface area contributed by atoms with Crippen molar-refractivity contribution in [3.63, 3.8) is 0 Å². The number of hydrazine groups is 1. The van der Waals surface area contributed by atoms with E-state index in [9.17, 15) is 13.2 Å². The third-order valence-corrected chi connectivity index (χ3v) is 3.04. The summed E-state index contributed by atoms with van der Waals surface area (Å²) in [6.45, 7) is 4.20. The quantitative estimate of drug-likeness (QED) is 0.347. The van der Waals surface area contributed by atoms with E-state index in [2.05, 4.69) is 15.0 Å². The number of unbranched alkanes of at least 4 members (excludes halogenated alkanes) is 1. The van der Waals surface area contributed by atoms with Crippen LogP contribution in [-0.2, 0) is 19.6 Å². The van der Waals surface area contributed by atoms with Crippen molar-refractivity contribution in [1.82, 2.24) is 10.3 Å². The van der Waals surface area contributed by atoms with Crippen LogP contribution in [0.1, 0.15) is 33.1 Å². The van der Waals surface area contributed by atoms with E-state index < -0.39 is 10.0 Å². The summed E-state index contributed by atoms with van der Waals surface area (Å²) in [5.41, 5.74) is 2.49. The van der Waals surface area contributed by atoms with Gasteiger partial charge < -0.3 is 4.74 Å². The average molecular weight is 252 g/mol. The van der Waals surface area contributed by atoms with E-state index in [1.807, 2.05) is 6.92 Å². The molecule has 0 atom stereocenters. The fourth-order valence-corrected chi connectivity index (χ4v) is 2.04. The third-order valence-electron chi connectivity index (χ3n) is 1.75. The third kappa shape index (κ3) is 8.63. The molecule has 0 aliphatic heterocycles. The average Bonchev–Trinajstić information content (AvgIpc) is 2.22. The zero-order chi connectivity index (χ0) is 12.4. The molecule has 0 unspecified atom stereocenters. The highest BCUT2D eigenvalue weighted by Crippen LogP contribution is 1.92. The fourth-order valence-electron chi connectivity index (χ4n) is 0.944. The van der Waals surface area contributed by atoms with Crippen LogP contribution in [-0.4, -0.2) is 33.3 Å². The Hall–Kier alpha value is -0.660. The molecular weight excluding hydrogens is 232 g/mol. The smallest absolute Gasteiger partial charge is 0.307 e. The number of hydrogen-bond donors (Lipinski definition) is 2. The van der Waals surface area contributed by atoms with E-state index in [4.69, 9.17) is 0 Å². The van der Waals surface area contributed by atoms with E-state index >= 15 is 0 Å². The highest BCUT2D eigenvalue weighted by molar-refractivity contribution is 7.89. The number of carbonyl (C=O) groups excluding carboxylic acids is 1. The summed E-state index contributed by atoms with van der Waals surface area (Å²) in [6.07, 6.45) is 1.59. The normalized spacial score (nSPS) is 11.4. The summed E-state index contributed by atoms with van der Waals surface area (Å²) < 4.78 is 27.2. The maximum absolute atomic E-state index is 11.3. The Morgan fingerprint density at radius 1 is 1.31 bits per heavy atom. The van der Waals surface area contributed by atoms with Gasteiger partial charge in [-0.15, -0.1) is 0 Å². The first-order valence-corrected chi connectivity index (χ1v) is 7.05. The Bertz CT molecular complexity index is 290. The lowest BCUT2D eigenvalue weighted by Gasteiger charge is -2.07. The van der Waals surface area contributed by atoms with Crippen molar-refractivity contribution in [3.05, 3.63) is 0 Å². The van der Waals surface area contributed by atoms with Crippen LogP contribution in [0.4, 0.5) is 0 Å². The minimum absolute atomic E-state index is 0.0932. The van der Waals surface area contributed by atoms with Crippen molar-refractivity contribution in [2.75, 3.05) is 18.9 Å². The molecule has 0 radical (unpaired) electrons. The predicted molar refractivity (Wildman–Crippen MR) is 61.1 cm³/mol. The first-order valence-electron chi connectivity index (χ1n) is 5.39.